The standard InChI is InChI=1S/C23H25FN4O5/c1-26-6-5-21(25)27-22(30)16-11-17(32-10-9-29)14-18(12-16)33-20-4-3-15(13-19(20)24)23(31)28-7-2-8-28/h3-6,11-14,26,29H,2,7-10H2,1H3,(H2,25,27,30)/b6-5-. The minimum absolute atomic E-state index is 0.0188. The third kappa shape index (κ3) is 6.30. The van der Waals surface area contributed by atoms with Gasteiger partial charge in [0.2, 0.25) is 0 Å². The van der Waals surface area contributed by atoms with Crippen LogP contribution in [0.5, 0.6) is 17.2 Å². The van der Waals surface area contributed by atoms with Crippen molar-refractivity contribution in [3.05, 3.63) is 65.6 Å². The monoisotopic (exact) mass is 456 g/mol. The van der Waals surface area contributed by atoms with E-state index >= 15 is 0 Å². The number of rotatable bonds is 9. The second-order valence-corrected chi connectivity index (χ2v) is 7.12. The van der Waals surface area contributed by atoms with E-state index in [0.717, 1.165) is 12.5 Å². The molecule has 1 heterocycles. The molecule has 0 atom stereocenters. The first-order chi connectivity index (χ1) is 15.9. The number of nitrogens with one attached hydrogen (secondary N) is 1. The maximum atomic E-state index is 14.7. The summed E-state index contributed by atoms with van der Waals surface area (Å²) in [6.45, 7) is 1.06. The van der Waals surface area contributed by atoms with Gasteiger partial charge in [0, 0.05) is 37.3 Å². The van der Waals surface area contributed by atoms with Crippen LogP contribution in [0.2, 0.25) is 0 Å². The van der Waals surface area contributed by atoms with E-state index in [9.17, 15) is 14.0 Å². The molecule has 0 aliphatic carbocycles. The Kier molecular flexibility index (Phi) is 7.98. The van der Waals surface area contributed by atoms with Crippen molar-refractivity contribution >= 4 is 17.6 Å². The summed E-state index contributed by atoms with van der Waals surface area (Å²) in [7, 11) is 1.67. The number of ether oxygens (including phenoxy) is 2. The van der Waals surface area contributed by atoms with Gasteiger partial charge in [0.05, 0.1) is 6.61 Å². The Balaban J connectivity index is 1.85. The number of amides is 2. The van der Waals surface area contributed by atoms with Crippen molar-refractivity contribution < 1.29 is 28.6 Å². The maximum Gasteiger partial charge on any atom is 0.279 e. The molecule has 1 aliphatic heterocycles. The topological polar surface area (TPSA) is 126 Å². The Morgan fingerprint density at radius 3 is 2.61 bits per heavy atom. The van der Waals surface area contributed by atoms with E-state index < -0.39 is 11.7 Å². The number of aliphatic hydroxyl groups excluding tert-OH is 1. The highest BCUT2D eigenvalue weighted by atomic mass is 19.1. The summed E-state index contributed by atoms with van der Waals surface area (Å²) in [5, 5.41) is 11.8. The predicted molar refractivity (Wildman–Crippen MR) is 120 cm³/mol. The third-order valence-corrected chi connectivity index (χ3v) is 4.69. The molecule has 2 amide bonds. The Morgan fingerprint density at radius 2 is 1.97 bits per heavy atom. The van der Waals surface area contributed by atoms with Crippen molar-refractivity contribution in [3.8, 4) is 17.2 Å². The highest BCUT2D eigenvalue weighted by molar-refractivity contribution is 6.06. The van der Waals surface area contributed by atoms with E-state index in [1.165, 1.54) is 42.6 Å². The zero-order chi connectivity index (χ0) is 23.8. The van der Waals surface area contributed by atoms with Crippen molar-refractivity contribution in [2.45, 2.75) is 6.42 Å². The van der Waals surface area contributed by atoms with Crippen LogP contribution in [0, 0.1) is 5.82 Å². The van der Waals surface area contributed by atoms with Gasteiger partial charge in [0.1, 0.15) is 23.9 Å². The molecule has 0 bridgehead atoms. The minimum atomic E-state index is -0.726. The molecule has 33 heavy (non-hydrogen) atoms. The van der Waals surface area contributed by atoms with Crippen molar-refractivity contribution in [2.75, 3.05) is 33.4 Å². The fraction of sp³-hybridized carbons (Fsp3) is 0.261. The number of likely N-dealkylation sites (tertiary alicyclic amines) is 1. The van der Waals surface area contributed by atoms with Gasteiger partial charge >= 0.3 is 0 Å². The van der Waals surface area contributed by atoms with Gasteiger partial charge in [-0.25, -0.2) is 4.39 Å². The van der Waals surface area contributed by atoms with Gasteiger partial charge in [-0.1, -0.05) is 0 Å². The molecule has 0 saturated carbocycles. The summed E-state index contributed by atoms with van der Waals surface area (Å²) >= 11 is 0. The second kappa shape index (κ2) is 11.1. The van der Waals surface area contributed by atoms with Crippen LogP contribution in [0.3, 0.4) is 0 Å². The highest BCUT2D eigenvalue weighted by Crippen LogP contribution is 2.30. The van der Waals surface area contributed by atoms with Gasteiger partial charge in [0.15, 0.2) is 11.6 Å². The molecule has 0 radical (unpaired) electrons. The van der Waals surface area contributed by atoms with Crippen LogP contribution in [0.25, 0.3) is 0 Å². The quantitative estimate of drug-likeness (QED) is 0.389. The Morgan fingerprint density at radius 1 is 1.21 bits per heavy atom. The first-order valence-electron chi connectivity index (χ1n) is 10.3. The Hall–Kier alpha value is -3.92. The second-order valence-electron chi connectivity index (χ2n) is 7.12. The number of carbonyl (C=O) groups is 2. The predicted octanol–water partition coefficient (Wildman–Crippen LogP) is 2.07. The van der Waals surface area contributed by atoms with E-state index in [1.807, 2.05) is 0 Å². The molecule has 2 aromatic rings. The molecule has 0 spiro atoms. The molecular formula is C23H25FN4O5. The van der Waals surface area contributed by atoms with Crippen molar-refractivity contribution in [3.63, 3.8) is 0 Å². The SMILES string of the molecule is CN/C=C\C(N)=NC(=O)c1cc(OCCO)cc(Oc2ccc(C(=O)N3CCC3)cc2F)c1. The van der Waals surface area contributed by atoms with Gasteiger partial charge < -0.3 is 30.5 Å². The molecule has 1 fully saturated rings. The number of nitrogens with zero attached hydrogens (tertiary/aromatic N) is 2. The molecule has 10 heteroatoms. The maximum absolute atomic E-state index is 14.7. The van der Waals surface area contributed by atoms with Gasteiger partial charge in [-0.3, -0.25) is 9.59 Å². The van der Waals surface area contributed by atoms with Gasteiger partial charge in [-0.15, -0.1) is 0 Å². The first-order valence-corrected chi connectivity index (χ1v) is 10.3. The summed E-state index contributed by atoms with van der Waals surface area (Å²) < 4.78 is 25.7. The molecule has 1 saturated heterocycles. The summed E-state index contributed by atoms with van der Waals surface area (Å²) in [6, 6.07) is 8.17. The van der Waals surface area contributed by atoms with Crippen LogP contribution in [-0.2, 0) is 0 Å². The molecule has 174 valence electrons. The van der Waals surface area contributed by atoms with Gasteiger partial charge in [-0.2, -0.15) is 4.99 Å². The summed E-state index contributed by atoms with van der Waals surface area (Å²) in [6.07, 6.45) is 3.87. The summed E-state index contributed by atoms with van der Waals surface area (Å²) in [5.41, 5.74) is 6.02. The van der Waals surface area contributed by atoms with Gasteiger partial charge in [-0.05, 0) is 49.0 Å². The van der Waals surface area contributed by atoms with Crippen LogP contribution in [-0.4, -0.2) is 61.0 Å². The molecule has 9 nitrogen and oxygen atoms in total. The number of aliphatic imine (C=N–C) groups is 1. The average molecular weight is 456 g/mol. The first kappa shape index (κ1) is 23.7. The van der Waals surface area contributed by atoms with Crippen molar-refractivity contribution in [2.24, 2.45) is 10.7 Å². The molecule has 0 aromatic heterocycles. The van der Waals surface area contributed by atoms with Crippen molar-refractivity contribution in [1.82, 2.24) is 10.2 Å². The van der Waals surface area contributed by atoms with E-state index in [1.54, 1.807) is 11.9 Å². The lowest BCUT2D eigenvalue weighted by Crippen LogP contribution is -2.42. The third-order valence-electron chi connectivity index (χ3n) is 4.69. The average Bonchev–Trinajstić information content (AvgIpc) is 2.76. The lowest BCUT2D eigenvalue weighted by molar-refractivity contribution is 0.0651. The number of benzene rings is 2. The molecule has 0 unspecified atom stereocenters. The van der Waals surface area contributed by atoms with E-state index in [4.69, 9.17) is 20.3 Å². The Bertz CT molecular complexity index is 1080. The lowest BCUT2D eigenvalue weighted by atomic mass is 10.1. The number of carbonyl (C=O) groups excluding carboxylic acids is 2. The largest absolute Gasteiger partial charge is 0.491 e. The van der Waals surface area contributed by atoms with E-state index in [-0.39, 0.29) is 53.3 Å². The number of hydrogen-bond donors (Lipinski definition) is 3. The molecule has 1 aliphatic rings. The number of amidine groups is 1. The summed E-state index contributed by atoms with van der Waals surface area (Å²) in [4.78, 5) is 30.2. The molecule has 4 N–H and O–H groups in total. The molecule has 2 aromatic carbocycles. The van der Waals surface area contributed by atoms with Crippen LogP contribution in [0.15, 0.2) is 53.7 Å². The smallest absolute Gasteiger partial charge is 0.279 e. The van der Waals surface area contributed by atoms with Crippen LogP contribution >= 0.6 is 0 Å². The number of halogens is 1. The Labute approximate surface area is 190 Å². The number of aliphatic hydroxyl groups is 1. The van der Waals surface area contributed by atoms with Crippen LogP contribution < -0.4 is 20.5 Å². The van der Waals surface area contributed by atoms with Gasteiger partial charge in [0.25, 0.3) is 11.8 Å². The number of nitrogens with two attached hydrogens (primary N) is 1. The fourth-order valence-electron chi connectivity index (χ4n) is 2.93. The fourth-order valence-corrected chi connectivity index (χ4v) is 2.93. The van der Waals surface area contributed by atoms with Crippen LogP contribution in [0.1, 0.15) is 27.1 Å². The molecule has 3 rings (SSSR count). The van der Waals surface area contributed by atoms with Crippen molar-refractivity contribution in [1.29, 1.82) is 0 Å². The normalized spacial score (nSPS) is 13.5. The summed E-state index contributed by atoms with van der Waals surface area (Å²) in [5.74, 6) is -1.45. The minimum Gasteiger partial charge on any atom is -0.491 e. The van der Waals surface area contributed by atoms with E-state index in [2.05, 4.69) is 10.3 Å². The van der Waals surface area contributed by atoms with E-state index in [0.29, 0.717) is 13.1 Å². The lowest BCUT2D eigenvalue weighted by Gasteiger charge is -2.30. The highest BCUT2D eigenvalue weighted by Gasteiger charge is 2.22. The number of hydrogen-bond acceptors (Lipinski definition) is 6. The zero-order valence-electron chi connectivity index (χ0n) is 18.1. The zero-order valence-corrected chi connectivity index (χ0v) is 18.1. The molecular weight excluding hydrogens is 431 g/mol. The van der Waals surface area contributed by atoms with Crippen LogP contribution in [0.4, 0.5) is 4.39 Å².